The van der Waals surface area contributed by atoms with Crippen molar-refractivity contribution in [3.63, 3.8) is 0 Å². The van der Waals surface area contributed by atoms with Crippen LogP contribution in [0.3, 0.4) is 0 Å². The van der Waals surface area contributed by atoms with E-state index < -0.39 is 5.97 Å². The minimum absolute atomic E-state index is 0.141. The second-order valence-electron chi connectivity index (χ2n) is 7.99. The minimum Gasteiger partial charge on any atom is -0.481 e. The second-order valence-corrected chi connectivity index (χ2v) is 7.99. The number of carbonyl (C=O) groups is 1. The highest BCUT2D eigenvalue weighted by Gasteiger charge is 2.47. The zero-order chi connectivity index (χ0) is 18.1. The Morgan fingerprint density at radius 1 is 0.960 bits per heavy atom. The summed E-state index contributed by atoms with van der Waals surface area (Å²) >= 11 is 0. The Morgan fingerprint density at radius 2 is 1.68 bits per heavy atom. The van der Waals surface area contributed by atoms with Crippen LogP contribution in [0.2, 0.25) is 0 Å². The van der Waals surface area contributed by atoms with Gasteiger partial charge in [-0.25, -0.2) is 0 Å². The molecule has 2 aliphatic rings. The van der Waals surface area contributed by atoms with Gasteiger partial charge in [-0.05, 0) is 56.3 Å². The van der Waals surface area contributed by atoms with Gasteiger partial charge >= 0.3 is 5.97 Å². The van der Waals surface area contributed by atoms with Crippen LogP contribution in [0.1, 0.15) is 77.0 Å². The summed E-state index contributed by atoms with van der Waals surface area (Å²) in [4.78, 5) is 10.5. The van der Waals surface area contributed by atoms with Crippen LogP contribution in [0, 0.1) is 17.8 Å². The van der Waals surface area contributed by atoms with Crippen LogP contribution >= 0.6 is 0 Å². The number of carboxylic acids is 1. The molecule has 5 atom stereocenters. The molecule has 2 aliphatic carbocycles. The molecule has 0 aliphatic heterocycles. The molecule has 146 valence electrons. The lowest BCUT2D eigenvalue weighted by atomic mass is 9.87. The Bertz CT molecular complexity index is 386. The molecule has 3 N–H and O–H groups in total. The highest BCUT2D eigenvalue weighted by molar-refractivity contribution is 5.66. The van der Waals surface area contributed by atoms with E-state index in [0.29, 0.717) is 37.4 Å². The van der Waals surface area contributed by atoms with Gasteiger partial charge in [0, 0.05) is 19.6 Å². The van der Waals surface area contributed by atoms with Gasteiger partial charge in [-0.2, -0.15) is 0 Å². The molecule has 5 heteroatoms. The summed E-state index contributed by atoms with van der Waals surface area (Å²) in [6.45, 7) is 0.842. The van der Waals surface area contributed by atoms with Gasteiger partial charge in [-0.1, -0.05) is 32.1 Å². The SMILES string of the molecule is O=C(O)CCCO[C@@H]1C[C@@H]2C[C@H](O)[C@@H](CCCCCCCCO)[C@@H]2C1. The van der Waals surface area contributed by atoms with Crippen LogP contribution in [0.4, 0.5) is 0 Å². The lowest BCUT2D eigenvalue weighted by Gasteiger charge is -2.22. The van der Waals surface area contributed by atoms with E-state index in [1.807, 2.05) is 0 Å². The highest BCUT2D eigenvalue weighted by Crippen LogP contribution is 2.50. The van der Waals surface area contributed by atoms with E-state index in [1.165, 1.54) is 25.7 Å². The third-order valence-corrected chi connectivity index (χ3v) is 6.13. The van der Waals surface area contributed by atoms with Gasteiger partial charge in [0.25, 0.3) is 0 Å². The first kappa shape index (κ1) is 20.7. The van der Waals surface area contributed by atoms with Crippen LogP contribution < -0.4 is 0 Å². The number of carboxylic acid groups (broad SMARTS) is 1. The molecular weight excluding hydrogens is 320 g/mol. The Hall–Kier alpha value is -0.650. The summed E-state index contributed by atoms with van der Waals surface area (Å²) in [5.74, 6) is 0.851. The topological polar surface area (TPSA) is 87.0 Å². The van der Waals surface area contributed by atoms with Gasteiger partial charge < -0.3 is 20.1 Å². The molecule has 0 saturated heterocycles. The first-order valence-electron chi connectivity index (χ1n) is 10.2. The molecule has 0 aromatic heterocycles. The smallest absolute Gasteiger partial charge is 0.303 e. The van der Waals surface area contributed by atoms with E-state index >= 15 is 0 Å². The van der Waals surface area contributed by atoms with Crippen LogP contribution in [-0.4, -0.2) is 46.7 Å². The van der Waals surface area contributed by atoms with Gasteiger partial charge in [0.15, 0.2) is 0 Å². The lowest BCUT2D eigenvalue weighted by molar-refractivity contribution is -0.137. The molecule has 5 nitrogen and oxygen atoms in total. The Morgan fingerprint density at radius 3 is 2.40 bits per heavy atom. The van der Waals surface area contributed by atoms with E-state index in [-0.39, 0.29) is 18.6 Å². The fourth-order valence-electron chi connectivity index (χ4n) is 4.89. The van der Waals surface area contributed by atoms with Crippen molar-refractivity contribution < 1.29 is 24.9 Å². The number of rotatable bonds is 13. The molecule has 0 aromatic carbocycles. The van der Waals surface area contributed by atoms with Crippen molar-refractivity contribution in [3.05, 3.63) is 0 Å². The number of aliphatic hydroxyl groups excluding tert-OH is 2. The van der Waals surface area contributed by atoms with E-state index in [1.54, 1.807) is 0 Å². The zero-order valence-corrected chi connectivity index (χ0v) is 15.4. The highest BCUT2D eigenvalue weighted by atomic mass is 16.5. The first-order valence-corrected chi connectivity index (χ1v) is 10.2. The standard InChI is InChI=1S/C20H36O5/c21-10-6-4-2-1-3-5-8-17-18-14-16(12-15(18)13-19(17)22)25-11-7-9-20(23)24/h15-19,21-22H,1-14H2,(H,23,24)/t15-,16-,17+,18-,19+/m1/s1. The summed E-state index contributed by atoms with van der Waals surface area (Å²) in [5.41, 5.74) is 0. The molecule has 2 fully saturated rings. The van der Waals surface area contributed by atoms with Crippen molar-refractivity contribution in [2.24, 2.45) is 17.8 Å². The maximum atomic E-state index is 10.5. The molecule has 0 bridgehead atoms. The summed E-state index contributed by atoms with van der Waals surface area (Å²) in [6, 6.07) is 0. The first-order chi connectivity index (χ1) is 12.1. The third kappa shape index (κ3) is 6.87. The Balaban J connectivity index is 1.61. The lowest BCUT2D eigenvalue weighted by Crippen LogP contribution is -2.21. The molecule has 0 spiro atoms. The van der Waals surface area contributed by atoms with Crippen molar-refractivity contribution in [3.8, 4) is 0 Å². The Kier molecular flexibility index (Phi) is 9.21. The van der Waals surface area contributed by atoms with Gasteiger partial charge in [0.05, 0.1) is 12.2 Å². The molecule has 0 heterocycles. The van der Waals surface area contributed by atoms with Crippen molar-refractivity contribution in [2.45, 2.75) is 89.3 Å². The van der Waals surface area contributed by atoms with Gasteiger partial charge in [-0.15, -0.1) is 0 Å². The normalized spacial score (nSPS) is 31.4. The van der Waals surface area contributed by atoms with Crippen LogP contribution in [0.5, 0.6) is 0 Å². The van der Waals surface area contributed by atoms with Gasteiger partial charge in [-0.3, -0.25) is 4.79 Å². The van der Waals surface area contributed by atoms with Crippen molar-refractivity contribution in [2.75, 3.05) is 13.2 Å². The summed E-state index contributed by atoms with van der Waals surface area (Å²) in [7, 11) is 0. The number of fused-ring (bicyclic) bond motifs is 1. The van der Waals surface area contributed by atoms with Crippen molar-refractivity contribution >= 4 is 5.97 Å². The van der Waals surface area contributed by atoms with Crippen molar-refractivity contribution in [1.82, 2.24) is 0 Å². The second kappa shape index (κ2) is 11.1. The number of aliphatic carboxylic acids is 1. The molecule has 2 rings (SSSR count). The third-order valence-electron chi connectivity index (χ3n) is 6.13. The largest absolute Gasteiger partial charge is 0.481 e. The van der Waals surface area contributed by atoms with Crippen LogP contribution in [0.25, 0.3) is 0 Å². The fraction of sp³-hybridized carbons (Fsp3) is 0.950. The minimum atomic E-state index is -0.758. The predicted octanol–water partition coefficient (Wildman–Crippen LogP) is 3.37. The van der Waals surface area contributed by atoms with Gasteiger partial charge in [0.2, 0.25) is 0 Å². The van der Waals surface area contributed by atoms with E-state index in [0.717, 1.165) is 38.5 Å². The fourth-order valence-corrected chi connectivity index (χ4v) is 4.89. The quantitative estimate of drug-likeness (QED) is 0.441. The molecule has 0 aromatic rings. The average molecular weight is 357 g/mol. The number of aliphatic hydroxyl groups is 2. The van der Waals surface area contributed by atoms with Crippen LogP contribution in [-0.2, 0) is 9.53 Å². The van der Waals surface area contributed by atoms with E-state index in [2.05, 4.69) is 0 Å². The summed E-state index contributed by atoms with van der Waals surface area (Å²) in [5, 5.41) is 27.8. The van der Waals surface area contributed by atoms with E-state index in [4.69, 9.17) is 14.9 Å². The van der Waals surface area contributed by atoms with Gasteiger partial charge in [0.1, 0.15) is 0 Å². The maximum Gasteiger partial charge on any atom is 0.303 e. The Labute approximate surface area is 151 Å². The summed E-state index contributed by atoms with van der Waals surface area (Å²) < 4.78 is 5.89. The number of unbranched alkanes of at least 4 members (excludes halogenated alkanes) is 5. The molecule has 0 unspecified atom stereocenters. The predicted molar refractivity (Wildman–Crippen MR) is 96.3 cm³/mol. The molecule has 0 amide bonds. The van der Waals surface area contributed by atoms with Crippen LogP contribution in [0.15, 0.2) is 0 Å². The summed E-state index contributed by atoms with van der Waals surface area (Å²) in [6.07, 6.45) is 11.9. The molecule has 2 saturated carbocycles. The maximum absolute atomic E-state index is 10.5. The zero-order valence-electron chi connectivity index (χ0n) is 15.4. The monoisotopic (exact) mass is 356 g/mol. The average Bonchev–Trinajstić information content (AvgIpc) is 3.08. The molecule has 0 radical (unpaired) electrons. The van der Waals surface area contributed by atoms with Crippen molar-refractivity contribution in [1.29, 1.82) is 0 Å². The number of ether oxygens (including phenoxy) is 1. The number of hydrogen-bond donors (Lipinski definition) is 3. The molecular formula is C20H36O5. The van der Waals surface area contributed by atoms with E-state index in [9.17, 15) is 9.90 Å². The number of hydrogen-bond acceptors (Lipinski definition) is 4. The molecule has 25 heavy (non-hydrogen) atoms.